The Morgan fingerprint density at radius 2 is 0.643 bits per heavy atom. The summed E-state index contributed by atoms with van der Waals surface area (Å²) in [4.78, 5) is 0. The van der Waals surface area contributed by atoms with E-state index in [1.54, 1.807) is 0 Å². The van der Waals surface area contributed by atoms with Crippen LogP contribution < -0.4 is 20.7 Å². The van der Waals surface area contributed by atoms with Gasteiger partial charge in [0, 0.05) is 49.4 Å². The van der Waals surface area contributed by atoms with Crippen LogP contribution in [0.15, 0.2) is 273 Å². The molecule has 0 amide bonds. The van der Waals surface area contributed by atoms with Crippen LogP contribution >= 0.6 is 0 Å². The third-order valence-electron chi connectivity index (χ3n) is 14.8. The lowest BCUT2D eigenvalue weighted by atomic mass is 10.1. The summed E-state index contributed by atoms with van der Waals surface area (Å²) in [7, 11) is -2.96. The molecular weight excluding hydrogens is 863 g/mol. The minimum Gasteiger partial charge on any atom is -0.309 e. The summed E-state index contributed by atoms with van der Waals surface area (Å²) in [6.45, 7) is 0. The van der Waals surface area contributed by atoms with Crippen molar-refractivity contribution in [3.8, 4) is 28.2 Å². The zero-order chi connectivity index (χ0) is 46.2. The van der Waals surface area contributed by atoms with Crippen LogP contribution in [0.5, 0.6) is 0 Å². The van der Waals surface area contributed by atoms with Crippen molar-refractivity contribution in [3.05, 3.63) is 273 Å². The maximum atomic E-state index is 2.57. The largest absolute Gasteiger partial charge is 0.309 e. The summed E-state index contributed by atoms with van der Waals surface area (Å²) in [6, 6.07) is 101. The van der Waals surface area contributed by atoms with Gasteiger partial charge in [-0.1, -0.05) is 212 Å². The molecular formula is C66H45N3Si. The van der Waals surface area contributed by atoms with Gasteiger partial charge in [0.25, 0.3) is 0 Å². The van der Waals surface area contributed by atoms with E-state index in [2.05, 4.69) is 287 Å². The first-order valence-electron chi connectivity index (χ1n) is 24.2. The molecule has 3 heterocycles. The van der Waals surface area contributed by atoms with Gasteiger partial charge in [0.05, 0.1) is 33.1 Å². The van der Waals surface area contributed by atoms with Crippen LogP contribution in [0.3, 0.4) is 0 Å². The molecule has 4 heteroatoms. The topological polar surface area (TPSA) is 14.8 Å². The summed E-state index contributed by atoms with van der Waals surface area (Å²) < 4.78 is 7.48. The van der Waals surface area contributed by atoms with Crippen molar-refractivity contribution < 1.29 is 0 Å². The van der Waals surface area contributed by atoms with Gasteiger partial charge in [-0.2, -0.15) is 0 Å². The molecule has 14 aromatic rings. The van der Waals surface area contributed by atoms with Crippen LogP contribution in [-0.4, -0.2) is 21.8 Å². The first-order valence-corrected chi connectivity index (χ1v) is 26.2. The van der Waals surface area contributed by atoms with Gasteiger partial charge in [0.15, 0.2) is 8.07 Å². The SMILES string of the molecule is c1ccc(-c2cccc(-n3c4ccc(-n5c6ccccc6c6cccc([Si](c7ccccc7)(c7ccccc7)c7ccccc7)c65)cc4c4ccc(-n5c6ccccc6c6ccccc65)cc43)c2)cc1. The third-order valence-corrected chi connectivity index (χ3v) is 19.6. The first-order chi connectivity index (χ1) is 34.8. The molecule has 11 aromatic carbocycles. The molecule has 0 saturated heterocycles. The van der Waals surface area contributed by atoms with Crippen LogP contribution in [0.4, 0.5) is 0 Å². The maximum absolute atomic E-state index is 2.96. The second-order valence-corrected chi connectivity index (χ2v) is 22.2. The molecule has 0 aliphatic heterocycles. The summed E-state index contributed by atoms with van der Waals surface area (Å²) in [5, 5.41) is 12.8. The Kier molecular flexibility index (Phi) is 9.23. The molecule has 0 spiro atoms. The maximum Gasteiger partial charge on any atom is 0.181 e. The predicted octanol–water partition coefficient (Wildman–Crippen LogP) is 14.0. The number of benzene rings is 11. The highest BCUT2D eigenvalue weighted by Gasteiger charge is 2.43. The molecule has 0 saturated carbocycles. The minimum atomic E-state index is -2.96. The van der Waals surface area contributed by atoms with Gasteiger partial charge >= 0.3 is 0 Å². The Morgan fingerprint density at radius 1 is 0.229 bits per heavy atom. The van der Waals surface area contributed by atoms with Gasteiger partial charge in [0.1, 0.15) is 0 Å². The molecule has 0 aliphatic carbocycles. The van der Waals surface area contributed by atoms with E-state index in [4.69, 9.17) is 0 Å². The number of para-hydroxylation sites is 4. The number of nitrogens with zero attached hydrogens (tertiary/aromatic N) is 3. The average Bonchev–Trinajstić information content (AvgIpc) is 4.08. The molecule has 3 aromatic heterocycles. The number of rotatable bonds is 8. The monoisotopic (exact) mass is 907 g/mol. The molecule has 328 valence electrons. The molecule has 0 fully saturated rings. The van der Waals surface area contributed by atoms with Gasteiger partial charge in [-0.15, -0.1) is 0 Å². The fraction of sp³-hybridized carbons (Fsp3) is 0. The minimum absolute atomic E-state index is 1.12. The molecule has 14 rings (SSSR count). The first kappa shape index (κ1) is 40.1. The van der Waals surface area contributed by atoms with E-state index in [9.17, 15) is 0 Å². The Labute approximate surface area is 407 Å². The van der Waals surface area contributed by atoms with E-state index in [0.29, 0.717) is 0 Å². The summed E-state index contributed by atoms with van der Waals surface area (Å²) in [5.41, 5.74) is 12.9. The second-order valence-electron chi connectivity index (χ2n) is 18.4. The van der Waals surface area contributed by atoms with E-state index < -0.39 is 8.07 Å². The van der Waals surface area contributed by atoms with Crippen LogP contribution in [0.2, 0.25) is 0 Å². The van der Waals surface area contributed by atoms with Crippen LogP contribution in [-0.2, 0) is 0 Å². The van der Waals surface area contributed by atoms with Gasteiger partial charge < -0.3 is 13.7 Å². The number of hydrogen-bond donors (Lipinski definition) is 0. The average molecular weight is 908 g/mol. The van der Waals surface area contributed by atoms with Crippen molar-refractivity contribution in [2.24, 2.45) is 0 Å². The standard InChI is InChI=1S/C66H45N3Si/c1-5-21-46(22-6-1)47-23-19-24-48(43-47)68-63-42-40-49(44-59(63)57-41-39-50(45-64(57)68)67-60-35-16-13-31-54(60)55-32-14-17-36-61(55)67)69-62-37-18-15-33-56(62)58-34-20-38-65(66(58)69)70(51-25-7-2-8-26-51,52-27-9-3-10-28-52)53-29-11-4-12-30-53/h1-45H. The molecule has 0 radical (unpaired) electrons. The quantitative estimate of drug-likeness (QED) is 0.107. The van der Waals surface area contributed by atoms with Crippen LogP contribution in [0.25, 0.3) is 93.6 Å². The van der Waals surface area contributed by atoms with Crippen molar-refractivity contribution in [1.29, 1.82) is 0 Å². The van der Waals surface area contributed by atoms with E-state index in [0.717, 1.165) is 28.1 Å². The highest BCUT2D eigenvalue weighted by Crippen LogP contribution is 2.40. The molecule has 3 nitrogen and oxygen atoms in total. The van der Waals surface area contributed by atoms with Crippen molar-refractivity contribution in [1.82, 2.24) is 13.7 Å². The lowest BCUT2D eigenvalue weighted by Crippen LogP contribution is -2.75. The van der Waals surface area contributed by atoms with E-state index in [1.165, 1.54) is 86.3 Å². The molecule has 0 aliphatic rings. The number of fused-ring (bicyclic) bond motifs is 9. The smallest absolute Gasteiger partial charge is 0.181 e. The van der Waals surface area contributed by atoms with Gasteiger partial charge in [-0.25, -0.2) is 0 Å². The fourth-order valence-corrected chi connectivity index (χ4v) is 16.8. The summed E-state index contributed by atoms with van der Waals surface area (Å²) >= 11 is 0. The Morgan fingerprint density at radius 3 is 1.26 bits per heavy atom. The lowest BCUT2D eigenvalue weighted by molar-refractivity contribution is 1.15. The van der Waals surface area contributed by atoms with Crippen LogP contribution in [0, 0.1) is 0 Å². The molecule has 70 heavy (non-hydrogen) atoms. The van der Waals surface area contributed by atoms with Gasteiger partial charge in [-0.3, -0.25) is 0 Å². The van der Waals surface area contributed by atoms with E-state index in [1.807, 2.05) is 0 Å². The van der Waals surface area contributed by atoms with Gasteiger partial charge in [0.2, 0.25) is 0 Å². The van der Waals surface area contributed by atoms with Gasteiger partial charge in [-0.05, 0) is 92.5 Å². The summed E-state index contributed by atoms with van der Waals surface area (Å²) in [5.74, 6) is 0. The zero-order valence-corrected chi connectivity index (χ0v) is 39.3. The highest BCUT2D eigenvalue weighted by atomic mass is 28.3. The number of aromatic nitrogens is 3. The molecule has 0 bridgehead atoms. The van der Waals surface area contributed by atoms with E-state index in [-0.39, 0.29) is 0 Å². The Bertz CT molecular complexity index is 4130. The van der Waals surface area contributed by atoms with Crippen LogP contribution in [0.1, 0.15) is 0 Å². The molecule has 0 atom stereocenters. The highest BCUT2D eigenvalue weighted by molar-refractivity contribution is 7.20. The van der Waals surface area contributed by atoms with Crippen molar-refractivity contribution in [2.75, 3.05) is 0 Å². The third kappa shape index (κ3) is 6.00. The fourth-order valence-electron chi connectivity index (χ4n) is 11.8. The van der Waals surface area contributed by atoms with Crippen molar-refractivity contribution in [3.63, 3.8) is 0 Å². The normalized spacial score (nSPS) is 12.0. The Hall–Kier alpha value is -8.96. The second kappa shape index (κ2) is 16.1. The molecule has 0 N–H and O–H groups in total. The summed E-state index contributed by atoms with van der Waals surface area (Å²) in [6.07, 6.45) is 0. The predicted molar refractivity (Wildman–Crippen MR) is 299 cm³/mol. The molecule has 0 unspecified atom stereocenters. The Balaban J connectivity index is 1.08. The zero-order valence-electron chi connectivity index (χ0n) is 38.3. The van der Waals surface area contributed by atoms with Crippen molar-refractivity contribution in [2.45, 2.75) is 0 Å². The number of hydrogen-bond acceptors (Lipinski definition) is 0. The van der Waals surface area contributed by atoms with Crippen molar-refractivity contribution >= 4 is 94.2 Å². The van der Waals surface area contributed by atoms with E-state index >= 15 is 0 Å². The lowest BCUT2D eigenvalue weighted by Gasteiger charge is -2.35.